The van der Waals surface area contributed by atoms with Crippen LogP contribution in [0.3, 0.4) is 0 Å². The molecule has 0 atom stereocenters. The first-order chi connectivity index (χ1) is 9.11. The Balaban J connectivity index is 2.19. The summed E-state index contributed by atoms with van der Waals surface area (Å²) in [4.78, 5) is 6.58. The van der Waals surface area contributed by atoms with Crippen molar-refractivity contribution in [2.45, 2.75) is 32.9 Å². The van der Waals surface area contributed by atoms with Crippen molar-refractivity contribution in [3.05, 3.63) is 24.1 Å². The minimum absolute atomic E-state index is 0.334. The maximum Gasteiger partial charge on any atom is 0.209 e. The topological polar surface area (TPSA) is 79.1 Å². The first kappa shape index (κ1) is 13.4. The molecule has 0 unspecified atom stereocenters. The van der Waals surface area contributed by atoms with Crippen LogP contribution in [0.15, 0.2) is 22.6 Å². The average Bonchev–Trinajstić information content (AvgIpc) is 2.78. The number of fused-ring (bicyclic) bond motifs is 1. The number of para-hydroxylation sites is 1. The summed E-state index contributed by atoms with van der Waals surface area (Å²) < 4.78 is 5.69. The molecule has 0 aliphatic carbocycles. The molecule has 5 nitrogen and oxygen atoms in total. The van der Waals surface area contributed by atoms with E-state index in [1.807, 2.05) is 18.2 Å². The molecule has 2 aromatic rings. The Morgan fingerprint density at radius 1 is 1.47 bits per heavy atom. The van der Waals surface area contributed by atoms with Crippen molar-refractivity contribution >= 4 is 16.8 Å². The summed E-state index contributed by atoms with van der Waals surface area (Å²) in [6.07, 6.45) is 0.501. The molecule has 0 saturated carbocycles. The summed E-state index contributed by atoms with van der Waals surface area (Å²) in [5, 5.41) is 8.68. The summed E-state index contributed by atoms with van der Waals surface area (Å²) in [5.74, 6) is 0.638. The van der Waals surface area contributed by atoms with E-state index in [1.165, 1.54) is 0 Å². The number of nitrogen functional groups attached to an aromatic ring is 1. The molecule has 5 heteroatoms. The smallest absolute Gasteiger partial charge is 0.209 e. The van der Waals surface area contributed by atoms with E-state index in [0.717, 1.165) is 0 Å². The zero-order valence-corrected chi connectivity index (χ0v) is 11.3. The normalized spacial score (nSPS) is 11.3. The first-order valence-corrected chi connectivity index (χ1v) is 6.36. The molecule has 0 fully saturated rings. The highest BCUT2D eigenvalue weighted by molar-refractivity contribution is 5.85. The van der Waals surface area contributed by atoms with Crippen LogP contribution < -0.4 is 5.73 Å². The second kappa shape index (κ2) is 5.72. The fourth-order valence-corrected chi connectivity index (χ4v) is 1.97. The molecule has 2 N–H and O–H groups in total. The van der Waals surface area contributed by atoms with Crippen molar-refractivity contribution in [2.24, 2.45) is 0 Å². The van der Waals surface area contributed by atoms with Crippen LogP contribution in [0.5, 0.6) is 0 Å². The molecular formula is C14H18N4O. The molecular weight excluding hydrogens is 240 g/mol. The van der Waals surface area contributed by atoms with E-state index < -0.39 is 0 Å². The lowest BCUT2D eigenvalue weighted by Gasteiger charge is -2.23. The van der Waals surface area contributed by atoms with Gasteiger partial charge in [-0.15, -0.1) is 0 Å². The molecule has 2 rings (SSSR count). The number of benzene rings is 1. The lowest BCUT2D eigenvalue weighted by atomic mass is 10.3. The summed E-state index contributed by atoms with van der Waals surface area (Å²) in [7, 11) is 0. The van der Waals surface area contributed by atoms with Crippen molar-refractivity contribution in [3.63, 3.8) is 0 Å². The Bertz CT molecular complexity index is 597. The number of aromatic nitrogens is 1. The fraction of sp³-hybridized carbons (Fsp3) is 0.429. The van der Waals surface area contributed by atoms with Crippen LogP contribution in [-0.4, -0.2) is 22.5 Å². The molecule has 1 aromatic heterocycles. The largest absolute Gasteiger partial charge is 0.439 e. The Kier molecular flexibility index (Phi) is 4.03. The van der Waals surface area contributed by atoms with Crippen LogP contribution in [-0.2, 0) is 6.54 Å². The highest BCUT2D eigenvalue weighted by Gasteiger charge is 2.14. The second-order valence-corrected chi connectivity index (χ2v) is 4.77. The molecule has 0 bridgehead atoms. The molecule has 19 heavy (non-hydrogen) atoms. The van der Waals surface area contributed by atoms with E-state index in [-0.39, 0.29) is 0 Å². The van der Waals surface area contributed by atoms with Gasteiger partial charge in [0.05, 0.1) is 18.3 Å². The molecule has 0 aliphatic rings. The van der Waals surface area contributed by atoms with Gasteiger partial charge in [0.2, 0.25) is 5.89 Å². The average molecular weight is 258 g/mol. The molecule has 0 spiro atoms. The van der Waals surface area contributed by atoms with Crippen molar-refractivity contribution in [2.75, 3.05) is 12.3 Å². The number of nitrogens with zero attached hydrogens (tertiary/aromatic N) is 3. The molecule has 0 amide bonds. The number of oxazole rings is 1. The van der Waals surface area contributed by atoms with Gasteiger partial charge in [-0.3, -0.25) is 4.90 Å². The monoisotopic (exact) mass is 258 g/mol. The number of nitrogens with two attached hydrogens (primary N) is 1. The lowest BCUT2D eigenvalue weighted by molar-refractivity contribution is 0.199. The molecule has 1 heterocycles. The summed E-state index contributed by atoms with van der Waals surface area (Å²) in [6, 6.07) is 8.01. The zero-order chi connectivity index (χ0) is 13.8. The predicted octanol–water partition coefficient (Wildman–Crippen LogP) is 2.53. The molecule has 0 aliphatic heterocycles. The number of nitriles is 1. The van der Waals surface area contributed by atoms with Crippen molar-refractivity contribution in [1.82, 2.24) is 9.88 Å². The lowest BCUT2D eigenvalue weighted by Crippen LogP contribution is -2.31. The fourth-order valence-electron chi connectivity index (χ4n) is 1.97. The van der Waals surface area contributed by atoms with Gasteiger partial charge in [-0.05, 0) is 26.0 Å². The summed E-state index contributed by atoms with van der Waals surface area (Å²) in [5.41, 5.74) is 7.90. The minimum Gasteiger partial charge on any atom is -0.439 e. The Morgan fingerprint density at radius 2 is 2.26 bits per heavy atom. The summed E-state index contributed by atoms with van der Waals surface area (Å²) in [6.45, 7) is 5.48. The third kappa shape index (κ3) is 3.04. The zero-order valence-electron chi connectivity index (χ0n) is 11.3. The van der Waals surface area contributed by atoms with Gasteiger partial charge in [0.15, 0.2) is 5.58 Å². The first-order valence-electron chi connectivity index (χ1n) is 6.36. The van der Waals surface area contributed by atoms with Gasteiger partial charge in [-0.25, -0.2) is 4.98 Å². The molecule has 0 saturated heterocycles. The predicted molar refractivity (Wildman–Crippen MR) is 74.2 cm³/mol. The third-order valence-corrected chi connectivity index (χ3v) is 3.07. The molecule has 0 radical (unpaired) electrons. The summed E-state index contributed by atoms with van der Waals surface area (Å²) >= 11 is 0. The Labute approximate surface area is 112 Å². The third-order valence-electron chi connectivity index (χ3n) is 3.07. The van der Waals surface area contributed by atoms with E-state index in [9.17, 15) is 0 Å². The van der Waals surface area contributed by atoms with Crippen LogP contribution in [0.4, 0.5) is 5.69 Å². The Morgan fingerprint density at radius 3 is 2.89 bits per heavy atom. The van der Waals surface area contributed by atoms with Crippen LogP contribution >= 0.6 is 0 Å². The standard InChI is InChI=1S/C14H18N4O/c1-10(2)18(8-4-7-15)9-13-17-14-11(16)5-3-6-12(14)19-13/h3,5-6,10H,4,8-9,16H2,1-2H3. The van der Waals surface area contributed by atoms with Gasteiger partial charge in [-0.2, -0.15) is 5.26 Å². The highest BCUT2D eigenvalue weighted by atomic mass is 16.3. The second-order valence-electron chi connectivity index (χ2n) is 4.77. The quantitative estimate of drug-likeness (QED) is 0.834. The van der Waals surface area contributed by atoms with Crippen molar-refractivity contribution < 1.29 is 4.42 Å². The highest BCUT2D eigenvalue weighted by Crippen LogP contribution is 2.22. The van der Waals surface area contributed by atoms with E-state index in [0.29, 0.717) is 48.2 Å². The van der Waals surface area contributed by atoms with Crippen LogP contribution in [0.1, 0.15) is 26.2 Å². The number of rotatable bonds is 5. The number of hydrogen-bond donors (Lipinski definition) is 1. The van der Waals surface area contributed by atoms with Gasteiger partial charge < -0.3 is 10.2 Å². The minimum atomic E-state index is 0.334. The van der Waals surface area contributed by atoms with E-state index >= 15 is 0 Å². The van der Waals surface area contributed by atoms with Gasteiger partial charge in [0.1, 0.15) is 5.52 Å². The van der Waals surface area contributed by atoms with Gasteiger partial charge >= 0.3 is 0 Å². The van der Waals surface area contributed by atoms with Gasteiger partial charge in [0, 0.05) is 19.0 Å². The number of anilines is 1. The maximum absolute atomic E-state index is 8.68. The molecule has 1 aromatic carbocycles. The van der Waals surface area contributed by atoms with Crippen molar-refractivity contribution in [1.29, 1.82) is 5.26 Å². The Hall–Kier alpha value is -2.06. The van der Waals surface area contributed by atoms with Crippen molar-refractivity contribution in [3.8, 4) is 6.07 Å². The van der Waals surface area contributed by atoms with Gasteiger partial charge in [0.25, 0.3) is 0 Å². The number of hydrogen-bond acceptors (Lipinski definition) is 5. The van der Waals surface area contributed by atoms with Crippen LogP contribution in [0.2, 0.25) is 0 Å². The van der Waals surface area contributed by atoms with E-state index in [4.69, 9.17) is 15.4 Å². The maximum atomic E-state index is 8.68. The molecule has 100 valence electrons. The van der Waals surface area contributed by atoms with E-state index in [2.05, 4.69) is 29.8 Å². The van der Waals surface area contributed by atoms with Gasteiger partial charge in [-0.1, -0.05) is 6.07 Å². The van der Waals surface area contributed by atoms with Crippen LogP contribution in [0, 0.1) is 11.3 Å². The SMILES string of the molecule is CC(C)N(CCC#N)Cc1nc2c(N)cccc2o1. The van der Waals surface area contributed by atoms with E-state index in [1.54, 1.807) is 0 Å². The van der Waals surface area contributed by atoms with Crippen LogP contribution in [0.25, 0.3) is 11.1 Å².